The Kier molecular flexibility index (Phi) is 3.36. The minimum absolute atomic E-state index is 0.0378. The highest BCUT2D eigenvalue weighted by molar-refractivity contribution is 6.33. The van der Waals surface area contributed by atoms with Crippen molar-refractivity contribution < 1.29 is 15.0 Å². The largest absolute Gasteiger partial charge is 0.505 e. The van der Waals surface area contributed by atoms with Crippen LogP contribution in [0.2, 0.25) is 5.02 Å². The van der Waals surface area contributed by atoms with Gasteiger partial charge in [-0.1, -0.05) is 41.4 Å². The molecule has 0 heterocycles. The number of carbonyl (C=O) groups excluding carboxylic acids is 1. The predicted octanol–water partition coefficient (Wildman–Crippen LogP) is 2.87. The summed E-state index contributed by atoms with van der Waals surface area (Å²) < 4.78 is 0. The molecule has 0 aliphatic heterocycles. The van der Waals surface area contributed by atoms with E-state index in [-0.39, 0.29) is 16.3 Å². The summed E-state index contributed by atoms with van der Waals surface area (Å²) in [5, 5.41) is 19.2. The lowest BCUT2D eigenvalue weighted by Gasteiger charge is -2.09. The first-order chi connectivity index (χ1) is 8.91. The summed E-state index contributed by atoms with van der Waals surface area (Å²) in [6, 6.07) is 8.07. The molecule has 5 heteroatoms. The second-order valence-corrected chi connectivity index (χ2v) is 4.62. The van der Waals surface area contributed by atoms with Crippen molar-refractivity contribution in [3.05, 3.63) is 52.0 Å². The molecule has 0 saturated heterocycles. The summed E-state index contributed by atoms with van der Waals surface area (Å²) in [6.07, 6.45) is 0. The van der Waals surface area contributed by atoms with Gasteiger partial charge in [-0.15, -0.1) is 0 Å². The highest BCUT2D eigenvalue weighted by Gasteiger charge is 2.20. The smallest absolute Gasteiger partial charge is 0.196 e. The first-order valence-electron chi connectivity index (χ1n) is 5.53. The monoisotopic (exact) mass is 277 g/mol. The van der Waals surface area contributed by atoms with Gasteiger partial charge in [0, 0.05) is 5.56 Å². The minimum atomic E-state index is -0.465. The molecule has 0 saturated carbocycles. The molecule has 0 aromatic heterocycles. The Morgan fingerprint density at radius 1 is 1.16 bits per heavy atom. The molecular formula is C14H12ClNO3. The average molecular weight is 278 g/mol. The van der Waals surface area contributed by atoms with E-state index in [1.165, 1.54) is 6.07 Å². The molecule has 0 aliphatic rings. The van der Waals surface area contributed by atoms with Gasteiger partial charge >= 0.3 is 0 Å². The van der Waals surface area contributed by atoms with E-state index in [9.17, 15) is 15.0 Å². The number of rotatable bonds is 2. The summed E-state index contributed by atoms with van der Waals surface area (Å²) in [5.74, 6) is -1.31. The van der Waals surface area contributed by atoms with Gasteiger partial charge in [-0.25, -0.2) is 0 Å². The first-order valence-corrected chi connectivity index (χ1v) is 5.91. The molecule has 0 atom stereocenters. The molecule has 0 fully saturated rings. The third-order valence-electron chi connectivity index (χ3n) is 2.82. The van der Waals surface area contributed by atoms with Crippen molar-refractivity contribution in [3.63, 3.8) is 0 Å². The maximum absolute atomic E-state index is 12.2. The van der Waals surface area contributed by atoms with Crippen molar-refractivity contribution in [2.24, 2.45) is 0 Å². The first kappa shape index (κ1) is 13.2. The third-order valence-corrected chi connectivity index (χ3v) is 3.11. The molecule has 0 aliphatic carbocycles. The molecule has 19 heavy (non-hydrogen) atoms. The second kappa shape index (κ2) is 4.82. The van der Waals surface area contributed by atoms with Crippen LogP contribution < -0.4 is 5.73 Å². The van der Waals surface area contributed by atoms with Crippen LogP contribution in [0.3, 0.4) is 0 Å². The maximum atomic E-state index is 12.2. The fourth-order valence-electron chi connectivity index (χ4n) is 1.68. The van der Waals surface area contributed by atoms with Gasteiger partial charge in [0.1, 0.15) is 5.69 Å². The number of nitrogens with two attached hydrogens (primary N) is 1. The van der Waals surface area contributed by atoms with Crippen molar-refractivity contribution >= 4 is 23.1 Å². The molecule has 0 amide bonds. The van der Waals surface area contributed by atoms with Crippen LogP contribution in [-0.2, 0) is 0 Å². The topological polar surface area (TPSA) is 83.5 Å². The van der Waals surface area contributed by atoms with Crippen molar-refractivity contribution in [2.75, 3.05) is 5.73 Å². The lowest BCUT2D eigenvalue weighted by molar-refractivity contribution is 0.103. The van der Waals surface area contributed by atoms with Gasteiger partial charge in [0.2, 0.25) is 0 Å². The highest BCUT2D eigenvalue weighted by atomic mass is 35.5. The molecule has 0 bridgehead atoms. The number of aromatic hydroxyl groups is 2. The quantitative estimate of drug-likeness (QED) is 0.448. The maximum Gasteiger partial charge on any atom is 0.196 e. The van der Waals surface area contributed by atoms with Crippen molar-refractivity contribution in [1.82, 2.24) is 0 Å². The SMILES string of the molecule is Cc1ccc(C(=O)c2cc(Cl)c(O)c(N)c2O)cc1. The number of benzene rings is 2. The van der Waals surface area contributed by atoms with Gasteiger partial charge in [-0.3, -0.25) is 4.79 Å². The van der Waals surface area contributed by atoms with Crippen LogP contribution in [0.15, 0.2) is 30.3 Å². The Balaban J connectivity index is 2.53. The highest BCUT2D eigenvalue weighted by Crippen LogP contribution is 2.40. The molecule has 98 valence electrons. The number of anilines is 1. The van der Waals surface area contributed by atoms with Gasteiger partial charge in [-0.05, 0) is 13.0 Å². The van der Waals surface area contributed by atoms with Crippen LogP contribution in [0, 0.1) is 6.92 Å². The average Bonchev–Trinajstić information content (AvgIpc) is 2.40. The lowest BCUT2D eigenvalue weighted by atomic mass is 10.0. The van der Waals surface area contributed by atoms with Crippen molar-refractivity contribution in [2.45, 2.75) is 6.92 Å². The van der Waals surface area contributed by atoms with E-state index in [0.29, 0.717) is 5.56 Å². The van der Waals surface area contributed by atoms with E-state index in [4.69, 9.17) is 17.3 Å². The molecule has 2 aromatic rings. The third kappa shape index (κ3) is 2.35. The molecule has 0 unspecified atom stereocenters. The Hall–Kier alpha value is -2.20. The van der Waals surface area contributed by atoms with Crippen molar-refractivity contribution in [1.29, 1.82) is 0 Å². The molecule has 0 spiro atoms. The lowest BCUT2D eigenvalue weighted by Crippen LogP contribution is -2.03. The Bertz CT molecular complexity index is 651. The Morgan fingerprint density at radius 3 is 2.32 bits per heavy atom. The van der Waals surface area contributed by atoms with Crippen LogP contribution in [0.1, 0.15) is 21.5 Å². The fraction of sp³-hybridized carbons (Fsp3) is 0.0714. The van der Waals surface area contributed by atoms with Gasteiger partial charge < -0.3 is 15.9 Å². The number of halogens is 1. The molecule has 4 nitrogen and oxygen atoms in total. The summed E-state index contributed by atoms with van der Waals surface area (Å²) in [6.45, 7) is 1.90. The molecule has 2 aromatic carbocycles. The number of phenolic OH excluding ortho intramolecular Hbond substituents is 2. The van der Waals surface area contributed by atoms with E-state index < -0.39 is 17.3 Å². The number of carbonyl (C=O) groups is 1. The standard InChI is InChI=1S/C14H12ClNO3/c1-7-2-4-8(5-3-7)12(17)9-6-10(15)14(19)11(16)13(9)18/h2-6,18-19H,16H2,1H3. The number of hydrogen-bond donors (Lipinski definition) is 3. The van der Waals surface area contributed by atoms with E-state index >= 15 is 0 Å². The van der Waals surface area contributed by atoms with E-state index in [2.05, 4.69) is 0 Å². The van der Waals surface area contributed by atoms with Crippen LogP contribution >= 0.6 is 11.6 Å². The normalized spacial score (nSPS) is 10.4. The van der Waals surface area contributed by atoms with Crippen LogP contribution in [0.5, 0.6) is 11.5 Å². The van der Waals surface area contributed by atoms with Crippen molar-refractivity contribution in [3.8, 4) is 11.5 Å². The zero-order valence-electron chi connectivity index (χ0n) is 10.1. The zero-order valence-corrected chi connectivity index (χ0v) is 10.9. The molecule has 2 rings (SSSR count). The summed E-state index contributed by atoms with van der Waals surface area (Å²) in [4.78, 5) is 12.2. The zero-order chi connectivity index (χ0) is 14.2. The number of ketones is 1. The van der Waals surface area contributed by atoms with E-state index in [1.54, 1.807) is 24.3 Å². The van der Waals surface area contributed by atoms with Gasteiger partial charge in [0.25, 0.3) is 0 Å². The van der Waals surface area contributed by atoms with Gasteiger partial charge in [-0.2, -0.15) is 0 Å². The van der Waals surface area contributed by atoms with Gasteiger partial charge in [0.15, 0.2) is 17.3 Å². The number of nitrogen functional groups attached to an aromatic ring is 1. The Labute approximate surface area is 115 Å². The predicted molar refractivity (Wildman–Crippen MR) is 73.8 cm³/mol. The summed E-state index contributed by atoms with van der Waals surface area (Å²) in [7, 11) is 0. The number of hydrogen-bond acceptors (Lipinski definition) is 4. The molecular weight excluding hydrogens is 266 g/mol. The number of phenols is 2. The number of aryl methyl sites for hydroxylation is 1. The Morgan fingerprint density at radius 2 is 1.74 bits per heavy atom. The van der Waals surface area contributed by atoms with E-state index in [1.807, 2.05) is 6.92 Å². The minimum Gasteiger partial charge on any atom is -0.505 e. The van der Waals surface area contributed by atoms with Crippen LogP contribution in [0.4, 0.5) is 5.69 Å². The van der Waals surface area contributed by atoms with Gasteiger partial charge in [0.05, 0.1) is 10.6 Å². The molecule has 0 radical (unpaired) electrons. The van der Waals surface area contributed by atoms with E-state index in [0.717, 1.165) is 5.56 Å². The fourth-order valence-corrected chi connectivity index (χ4v) is 1.89. The van der Waals surface area contributed by atoms with Crippen LogP contribution in [-0.4, -0.2) is 16.0 Å². The van der Waals surface area contributed by atoms with Crippen LogP contribution in [0.25, 0.3) is 0 Å². The molecule has 4 N–H and O–H groups in total. The summed E-state index contributed by atoms with van der Waals surface area (Å²) in [5.41, 5.74) is 6.57. The second-order valence-electron chi connectivity index (χ2n) is 4.21. The summed E-state index contributed by atoms with van der Waals surface area (Å²) >= 11 is 5.75.